The van der Waals surface area contributed by atoms with E-state index >= 15 is 0 Å². The molecule has 9 heteroatoms. The highest BCUT2D eigenvalue weighted by molar-refractivity contribution is 5.98. The molecule has 4 aliphatic carbocycles. The summed E-state index contributed by atoms with van der Waals surface area (Å²) in [4.78, 5) is 38.3. The number of allylic oxidation sites excluding steroid dienone is 1. The molecule has 5 rings (SSSR count). The van der Waals surface area contributed by atoms with Crippen molar-refractivity contribution in [3.63, 3.8) is 0 Å². The van der Waals surface area contributed by atoms with Crippen LogP contribution in [0.3, 0.4) is 0 Å². The summed E-state index contributed by atoms with van der Waals surface area (Å²) in [5, 5.41) is 15.7. The third kappa shape index (κ3) is 5.37. The fraction of sp³-hybridized carbons (Fsp3) is 0.633. The molecule has 2 bridgehead atoms. The van der Waals surface area contributed by atoms with E-state index in [1.807, 2.05) is 0 Å². The summed E-state index contributed by atoms with van der Waals surface area (Å²) in [7, 11) is 1.37. The van der Waals surface area contributed by atoms with Crippen molar-refractivity contribution in [2.24, 2.45) is 22.7 Å². The standard InChI is InChI=1S/C30H39FN2O6/c1-29(9-4-10-29)16-32-27(35)24-17-5-6-18(13-17)25(24)33-26(34)20-14-23(21(31)15-22(20)38-3)39-19-7-11-30(2,12-8-19)28(36)37/h13-15,17,19,24-25H,4-12,16H2,1-3H3,(H,32,35)(H,33,34)(H,36,37)/t17-,19?,24+,25-,30?/m1/s1. The molecule has 1 aromatic carbocycles. The van der Waals surface area contributed by atoms with Crippen LogP contribution in [0.5, 0.6) is 11.5 Å². The number of aliphatic carboxylic acids is 1. The van der Waals surface area contributed by atoms with Crippen LogP contribution in [0.4, 0.5) is 4.39 Å². The summed E-state index contributed by atoms with van der Waals surface area (Å²) < 4.78 is 26.2. The first kappa shape index (κ1) is 27.5. The number of carbonyl (C=O) groups excluding carboxylic acids is 2. The summed E-state index contributed by atoms with van der Waals surface area (Å²) in [5.41, 5.74) is 0.539. The minimum atomic E-state index is -0.838. The molecule has 0 spiro atoms. The van der Waals surface area contributed by atoms with E-state index in [4.69, 9.17) is 9.47 Å². The normalized spacial score (nSPS) is 30.6. The van der Waals surface area contributed by atoms with Crippen molar-refractivity contribution in [2.75, 3.05) is 13.7 Å². The molecular weight excluding hydrogens is 503 g/mol. The van der Waals surface area contributed by atoms with Gasteiger partial charge in [0.15, 0.2) is 11.6 Å². The first-order valence-corrected chi connectivity index (χ1v) is 14.1. The highest BCUT2D eigenvalue weighted by atomic mass is 19.1. The second kappa shape index (κ2) is 10.5. The van der Waals surface area contributed by atoms with Crippen LogP contribution < -0.4 is 20.1 Å². The molecular formula is C30H39FN2O6. The van der Waals surface area contributed by atoms with Gasteiger partial charge in [0.1, 0.15) is 5.75 Å². The first-order chi connectivity index (χ1) is 18.5. The lowest BCUT2D eigenvalue weighted by Gasteiger charge is -2.39. The minimum Gasteiger partial charge on any atom is -0.496 e. The molecule has 3 atom stereocenters. The zero-order chi connectivity index (χ0) is 27.9. The summed E-state index contributed by atoms with van der Waals surface area (Å²) in [6, 6.07) is 2.07. The molecule has 4 aliphatic rings. The summed E-state index contributed by atoms with van der Waals surface area (Å²) in [6.45, 7) is 4.55. The molecule has 3 N–H and O–H groups in total. The van der Waals surface area contributed by atoms with E-state index in [9.17, 15) is 23.9 Å². The predicted molar refractivity (Wildman–Crippen MR) is 142 cm³/mol. The van der Waals surface area contributed by atoms with Crippen molar-refractivity contribution in [1.29, 1.82) is 0 Å². The van der Waals surface area contributed by atoms with E-state index in [0.717, 1.165) is 37.3 Å². The molecule has 0 saturated heterocycles. The molecule has 0 aromatic heterocycles. The Balaban J connectivity index is 1.29. The van der Waals surface area contributed by atoms with Gasteiger partial charge in [0, 0.05) is 12.6 Å². The van der Waals surface area contributed by atoms with Gasteiger partial charge >= 0.3 is 5.97 Å². The maximum Gasteiger partial charge on any atom is 0.309 e. The molecule has 212 valence electrons. The maximum absolute atomic E-state index is 14.9. The number of methoxy groups -OCH3 is 1. The third-order valence-corrected chi connectivity index (χ3v) is 9.60. The van der Waals surface area contributed by atoms with Crippen molar-refractivity contribution >= 4 is 17.8 Å². The molecule has 2 fully saturated rings. The Morgan fingerprint density at radius 1 is 1.08 bits per heavy atom. The smallest absolute Gasteiger partial charge is 0.309 e. The average Bonchev–Trinajstić information content (AvgIpc) is 3.50. The Morgan fingerprint density at radius 3 is 2.41 bits per heavy atom. The highest BCUT2D eigenvalue weighted by Crippen LogP contribution is 2.45. The molecule has 1 aromatic rings. The van der Waals surface area contributed by atoms with E-state index in [1.54, 1.807) is 6.92 Å². The zero-order valence-corrected chi connectivity index (χ0v) is 23.0. The Kier molecular flexibility index (Phi) is 7.37. The Morgan fingerprint density at radius 2 is 1.79 bits per heavy atom. The number of amides is 2. The fourth-order valence-corrected chi connectivity index (χ4v) is 6.63. The highest BCUT2D eigenvalue weighted by Gasteiger charge is 2.47. The van der Waals surface area contributed by atoms with Crippen molar-refractivity contribution in [1.82, 2.24) is 10.6 Å². The maximum atomic E-state index is 14.9. The minimum absolute atomic E-state index is 0.0369. The van der Waals surface area contributed by atoms with Crippen LogP contribution in [0.15, 0.2) is 23.8 Å². The number of carboxylic acids is 1. The number of nitrogens with one attached hydrogen (secondary N) is 2. The molecule has 39 heavy (non-hydrogen) atoms. The molecule has 2 saturated carbocycles. The van der Waals surface area contributed by atoms with E-state index in [2.05, 4.69) is 23.6 Å². The van der Waals surface area contributed by atoms with Crippen LogP contribution in [0.25, 0.3) is 0 Å². The largest absolute Gasteiger partial charge is 0.496 e. The van der Waals surface area contributed by atoms with Gasteiger partial charge in [-0.15, -0.1) is 0 Å². The number of hydrogen-bond acceptors (Lipinski definition) is 5. The van der Waals surface area contributed by atoms with Gasteiger partial charge in [-0.3, -0.25) is 14.4 Å². The van der Waals surface area contributed by atoms with Gasteiger partial charge in [0.2, 0.25) is 5.91 Å². The second-order valence-electron chi connectivity index (χ2n) is 12.5. The number of ether oxygens (including phenoxy) is 2. The van der Waals surface area contributed by atoms with Gasteiger partial charge < -0.3 is 25.2 Å². The number of carbonyl (C=O) groups is 3. The van der Waals surface area contributed by atoms with E-state index < -0.39 is 29.2 Å². The molecule has 0 radical (unpaired) electrons. The monoisotopic (exact) mass is 542 g/mol. The SMILES string of the molecule is COc1cc(F)c(OC2CCC(C)(C(=O)O)CC2)cc1C(=O)N[C@@H]1C2=C[C@@H](CC2)[C@@H]1C(=O)NCC1(C)CCC1. The number of benzene rings is 1. The summed E-state index contributed by atoms with van der Waals surface area (Å²) in [5.74, 6) is -2.25. The molecule has 2 amide bonds. The third-order valence-electron chi connectivity index (χ3n) is 9.60. The number of fused-ring (bicyclic) bond motifs is 1. The average molecular weight is 543 g/mol. The lowest BCUT2D eigenvalue weighted by atomic mass is 9.70. The number of hydrogen-bond donors (Lipinski definition) is 3. The lowest BCUT2D eigenvalue weighted by molar-refractivity contribution is -0.150. The fourth-order valence-electron chi connectivity index (χ4n) is 6.63. The van der Waals surface area contributed by atoms with E-state index in [0.29, 0.717) is 32.2 Å². The Hall–Kier alpha value is -3.10. The van der Waals surface area contributed by atoms with Crippen LogP contribution >= 0.6 is 0 Å². The predicted octanol–water partition coefficient (Wildman–Crippen LogP) is 4.62. The lowest BCUT2D eigenvalue weighted by Crippen LogP contribution is -2.51. The number of carboxylic acid groups (broad SMARTS) is 1. The molecule has 0 unspecified atom stereocenters. The Labute approximate surface area is 228 Å². The van der Waals surface area contributed by atoms with Gasteiger partial charge in [-0.2, -0.15) is 0 Å². The number of rotatable bonds is 9. The van der Waals surface area contributed by atoms with Crippen molar-refractivity contribution in [2.45, 2.75) is 83.8 Å². The van der Waals surface area contributed by atoms with Crippen LogP contribution in [-0.2, 0) is 9.59 Å². The zero-order valence-electron chi connectivity index (χ0n) is 23.0. The van der Waals surface area contributed by atoms with Crippen LogP contribution in [0.1, 0.15) is 82.0 Å². The first-order valence-electron chi connectivity index (χ1n) is 14.1. The van der Waals surface area contributed by atoms with Gasteiger partial charge in [-0.1, -0.05) is 25.0 Å². The quantitative estimate of drug-likeness (QED) is 0.393. The van der Waals surface area contributed by atoms with Gasteiger partial charge in [-0.25, -0.2) is 4.39 Å². The Bertz CT molecular complexity index is 1180. The van der Waals surface area contributed by atoms with Gasteiger partial charge in [0.25, 0.3) is 5.91 Å². The summed E-state index contributed by atoms with van der Waals surface area (Å²) in [6.07, 6.45) is 8.72. The summed E-state index contributed by atoms with van der Waals surface area (Å²) >= 11 is 0. The van der Waals surface area contributed by atoms with Crippen LogP contribution in [0, 0.1) is 28.5 Å². The number of halogens is 1. The molecule has 0 aliphatic heterocycles. The van der Waals surface area contributed by atoms with Crippen LogP contribution in [0.2, 0.25) is 0 Å². The van der Waals surface area contributed by atoms with Crippen molar-refractivity contribution in [3.05, 3.63) is 35.2 Å². The van der Waals surface area contributed by atoms with Gasteiger partial charge in [-0.05, 0) is 75.7 Å². The van der Waals surface area contributed by atoms with E-state index in [-0.39, 0.29) is 46.3 Å². The second-order valence-corrected chi connectivity index (χ2v) is 12.5. The van der Waals surface area contributed by atoms with Gasteiger partial charge in [0.05, 0.1) is 36.2 Å². The molecule has 8 nitrogen and oxygen atoms in total. The van der Waals surface area contributed by atoms with Crippen LogP contribution in [-0.4, -0.2) is 48.7 Å². The van der Waals surface area contributed by atoms with Crippen molar-refractivity contribution in [3.8, 4) is 11.5 Å². The topological polar surface area (TPSA) is 114 Å². The molecule has 0 heterocycles. The van der Waals surface area contributed by atoms with E-state index in [1.165, 1.54) is 19.6 Å². The van der Waals surface area contributed by atoms with Crippen molar-refractivity contribution < 1.29 is 33.4 Å².